The zero-order valence-electron chi connectivity index (χ0n) is 55.2. The average Bonchev–Trinajstić information content (AvgIpc) is 1.84. The number of halogens is 2. The molecule has 469 valence electrons. The standard InChI is InChI=1S/C30H33.2C29H31.2ClH.2Zr/c1-30(18-8-4-2-3-5-9-19-30)22-23-20-25-14-11-17-28(29(25)21-23)27-16-10-13-24-12-6-7-15-26(24)27;2*1-29(17-7-3-2-4-8-18-29)21-22-19-24-13-10-16-27(28(24)20-22)26-15-9-12-23-11-5-6-14-25(23)26;;;;/h6-7,10-17,20-21H,2-5,8-9,18-19,22H2,1H3;2*5-6,9-16,19-20H,2-4,7-8,17-18,21H2,1H3;2*1H;;/q3*-1;;;+2;+3/p-2. The van der Waals surface area contributed by atoms with Gasteiger partial charge in [0.1, 0.15) is 0 Å². The quantitative estimate of drug-likeness (QED) is 0.126. The van der Waals surface area contributed by atoms with Crippen LogP contribution in [0.3, 0.4) is 0 Å². The molecule has 1 radical (unpaired) electrons. The fourth-order valence-electron chi connectivity index (χ4n) is 16.7. The summed E-state index contributed by atoms with van der Waals surface area (Å²) < 4.78 is 0. The van der Waals surface area contributed by atoms with Crippen molar-refractivity contribution >= 4 is 81.7 Å². The topological polar surface area (TPSA) is 0 Å². The van der Waals surface area contributed by atoms with Gasteiger partial charge >= 0.3 is 64.1 Å². The predicted octanol–water partition coefficient (Wildman–Crippen LogP) is 27.8. The minimum Gasteiger partial charge on any atom is 3.00 e. The van der Waals surface area contributed by atoms with Gasteiger partial charge in [-0.1, -0.05) is 286 Å². The molecule has 4 heteroatoms. The molecular weight excluding hydrogens is 1310 g/mol. The number of benzene rings is 9. The molecule has 0 aromatic heterocycles. The predicted molar refractivity (Wildman–Crippen MR) is 396 cm³/mol. The van der Waals surface area contributed by atoms with E-state index >= 15 is 0 Å². The molecule has 0 saturated heterocycles. The Morgan fingerprint density at radius 2 is 0.489 bits per heavy atom. The molecule has 3 fully saturated rings. The van der Waals surface area contributed by atoms with E-state index in [1.807, 2.05) is 0 Å². The van der Waals surface area contributed by atoms with Crippen molar-refractivity contribution in [1.29, 1.82) is 0 Å². The van der Waals surface area contributed by atoms with E-state index in [-0.39, 0.29) is 26.2 Å². The van der Waals surface area contributed by atoms with E-state index in [0.29, 0.717) is 16.2 Å². The molecule has 92 heavy (non-hydrogen) atoms. The van der Waals surface area contributed by atoms with Crippen molar-refractivity contribution in [3.63, 3.8) is 0 Å². The molecule has 0 unspecified atom stereocenters. The van der Waals surface area contributed by atoms with E-state index in [9.17, 15) is 0 Å². The molecule has 0 nitrogen and oxygen atoms in total. The normalized spacial score (nSPS) is 16.8. The summed E-state index contributed by atoms with van der Waals surface area (Å²) in [4.78, 5) is 0. The molecule has 0 bridgehead atoms. The third kappa shape index (κ3) is 16.9. The summed E-state index contributed by atoms with van der Waals surface area (Å²) in [6, 6.07) is 81.5. The molecule has 0 amide bonds. The second-order valence-electron chi connectivity index (χ2n) is 28.8. The van der Waals surface area contributed by atoms with Crippen molar-refractivity contribution in [1.82, 2.24) is 0 Å². The molecule has 0 aliphatic heterocycles. The van der Waals surface area contributed by atoms with Crippen molar-refractivity contribution in [2.75, 3.05) is 0 Å². The van der Waals surface area contributed by atoms with Crippen molar-refractivity contribution in [3.05, 3.63) is 235 Å². The first-order chi connectivity index (χ1) is 44.6. The Bertz CT molecular complexity index is 4090. The molecule has 3 aliphatic carbocycles. The Labute approximate surface area is 589 Å². The maximum Gasteiger partial charge on any atom is 3.00 e. The van der Waals surface area contributed by atoms with Crippen LogP contribution < -0.4 is 0 Å². The molecule has 0 N–H and O–H groups in total. The van der Waals surface area contributed by atoms with Gasteiger partial charge in [0.15, 0.2) is 0 Å². The molecular formula is C88H95Cl2Zr2. The maximum atomic E-state index is 4.93. The average molecular weight is 1410 g/mol. The number of hydrogen-bond acceptors (Lipinski definition) is 0. The van der Waals surface area contributed by atoms with E-state index in [2.05, 4.69) is 239 Å². The van der Waals surface area contributed by atoms with Gasteiger partial charge in [-0.25, -0.2) is 0 Å². The first-order valence-electron chi connectivity index (χ1n) is 35.0. The van der Waals surface area contributed by atoms with Crippen LogP contribution in [0.5, 0.6) is 0 Å². The Kier molecular flexibility index (Phi) is 24.2. The monoisotopic (exact) mass is 1400 g/mol. The van der Waals surface area contributed by atoms with Gasteiger partial charge in [0, 0.05) is 0 Å². The number of fused-ring (bicyclic) bond motifs is 6. The zero-order chi connectivity index (χ0) is 62.5. The van der Waals surface area contributed by atoms with Gasteiger partial charge in [-0.15, -0.1) is 104 Å². The summed E-state index contributed by atoms with van der Waals surface area (Å²) in [7, 11) is 9.87. The van der Waals surface area contributed by atoms with Gasteiger partial charge < -0.3 is 0 Å². The van der Waals surface area contributed by atoms with E-state index in [1.165, 1.54) is 275 Å². The largest absolute Gasteiger partial charge is 3.00 e. The van der Waals surface area contributed by atoms with Crippen LogP contribution in [0.4, 0.5) is 0 Å². The van der Waals surface area contributed by atoms with Crippen LogP contribution in [-0.4, -0.2) is 0 Å². The van der Waals surface area contributed by atoms with Crippen molar-refractivity contribution in [3.8, 4) is 33.4 Å². The molecule has 15 rings (SSSR count). The van der Waals surface area contributed by atoms with Crippen LogP contribution in [0.2, 0.25) is 0 Å². The fraction of sp³-hybridized carbons (Fsp3) is 0.352. The smallest absolute Gasteiger partial charge is 3.00 e. The second-order valence-corrected chi connectivity index (χ2v) is 32.5. The first kappa shape index (κ1) is 68.3. The van der Waals surface area contributed by atoms with Gasteiger partial charge in [0.25, 0.3) is 0 Å². The van der Waals surface area contributed by atoms with Crippen molar-refractivity contribution in [2.24, 2.45) is 16.2 Å². The summed E-state index contributed by atoms with van der Waals surface area (Å²) in [5.74, 6) is 0. The van der Waals surface area contributed by atoms with Gasteiger partial charge in [0.05, 0.1) is 0 Å². The third-order valence-corrected chi connectivity index (χ3v) is 21.5. The van der Waals surface area contributed by atoms with Crippen LogP contribution in [0.25, 0.3) is 98.0 Å². The van der Waals surface area contributed by atoms with Gasteiger partial charge in [0.2, 0.25) is 0 Å². The van der Waals surface area contributed by atoms with E-state index in [4.69, 9.17) is 17.0 Å². The minimum absolute atomic E-state index is 0. The maximum absolute atomic E-state index is 4.93. The van der Waals surface area contributed by atoms with Gasteiger partial charge in [-0.2, -0.15) is 18.2 Å². The summed E-state index contributed by atoms with van der Waals surface area (Å²) in [6.07, 6.45) is 34.6. The summed E-state index contributed by atoms with van der Waals surface area (Å²) in [5.41, 5.74) is 14.1. The van der Waals surface area contributed by atoms with Crippen LogP contribution in [0, 0.1) is 16.2 Å². The Hall–Kier alpha value is -5.06. The molecule has 12 aromatic carbocycles. The van der Waals surface area contributed by atoms with Crippen LogP contribution in [0.1, 0.15) is 179 Å². The molecule has 3 saturated carbocycles. The van der Waals surface area contributed by atoms with Crippen molar-refractivity contribution in [2.45, 2.75) is 181 Å². The van der Waals surface area contributed by atoms with Crippen LogP contribution in [-0.2, 0) is 66.3 Å². The van der Waals surface area contributed by atoms with E-state index in [0.717, 1.165) is 0 Å². The summed E-state index contributed by atoms with van der Waals surface area (Å²) in [6.45, 7) is 7.60. The Morgan fingerprint density at radius 1 is 0.283 bits per heavy atom. The molecule has 0 heterocycles. The van der Waals surface area contributed by atoms with Gasteiger partial charge in [-0.3, -0.25) is 0 Å². The van der Waals surface area contributed by atoms with E-state index in [1.54, 1.807) is 0 Å². The third-order valence-electron chi connectivity index (χ3n) is 21.5. The molecule has 12 aromatic rings. The van der Waals surface area contributed by atoms with Crippen LogP contribution in [0.15, 0.2) is 218 Å². The molecule has 0 atom stereocenters. The van der Waals surface area contributed by atoms with Crippen LogP contribution >= 0.6 is 17.0 Å². The molecule has 0 spiro atoms. The fourth-order valence-corrected chi connectivity index (χ4v) is 16.7. The summed E-state index contributed by atoms with van der Waals surface area (Å²) >= 11 is -0.826. The molecule has 3 aliphatic rings. The zero-order valence-corrected chi connectivity index (χ0v) is 61.6. The SMILES string of the molecule is CC1(Cc2cc3c(-c4cccc5ccccc45)cccc3[cH-]2)CCCCCCC1.CC1(Cc2cc3c(-c4cccc5ccccc45)cccc3[cH-]2)CCCCCCC1.CC1(Cc2cc3c(-c4cccc5ccccc45)cccc3[cH-]2)CCCCCCCC1.[Cl][Zr][Cl].[Zr+3]. The first-order valence-corrected chi connectivity index (χ1v) is 41.4. The Morgan fingerprint density at radius 3 is 0.750 bits per heavy atom. The second kappa shape index (κ2) is 32.6. The number of rotatable bonds is 9. The number of hydrogen-bond donors (Lipinski definition) is 0. The van der Waals surface area contributed by atoms with E-state index < -0.39 is 20.8 Å². The minimum atomic E-state index is -0.826. The summed E-state index contributed by atoms with van der Waals surface area (Å²) in [5, 5.41) is 16.4. The Balaban J connectivity index is 0.000000138. The van der Waals surface area contributed by atoms with Gasteiger partial charge in [-0.05, 0) is 123 Å². The van der Waals surface area contributed by atoms with Crippen molar-refractivity contribution < 1.29 is 47.1 Å².